The van der Waals surface area contributed by atoms with Crippen molar-refractivity contribution < 1.29 is 13.2 Å². The number of aryl methyl sites for hydroxylation is 1. The van der Waals surface area contributed by atoms with E-state index in [1.54, 1.807) is 25.1 Å². The van der Waals surface area contributed by atoms with E-state index in [1.807, 2.05) is 18.2 Å². The number of sulfonamides is 1. The Bertz CT molecular complexity index is 1180. The minimum Gasteiger partial charge on any atom is -0.346 e. The average Bonchev–Trinajstić information content (AvgIpc) is 3.47. The van der Waals surface area contributed by atoms with Gasteiger partial charge in [0.2, 0.25) is 0 Å². The molecule has 1 aliphatic heterocycles. The van der Waals surface area contributed by atoms with Crippen molar-refractivity contribution in [1.82, 2.24) is 14.6 Å². The van der Waals surface area contributed by atoms with Gasteiger partial charge in [0.25, 0.3) is 15.9 Å². The Morgan fingerprint density at radius 3 is 2.70 bits per heavy atom. The normalized spacial score (nSPS) is 14.9. The Morgan fingerprint density at radius 2 is 1.97 bits per heavy atom. The molecule has 0 bridgehead atoms. The minimum absolute atomic E-state index is 0.226. The van der Waals surface area contributed by atoms with Gasteiger partial charge < -0.3 is 5.32 Å². The van der Waals surface area contributed by atoms with Gasteiger partial charge in [-0.3, -0.25) is 4.79 Å². The van der Waals surface area contributed by atoms with E-state index in [2.05, 4.69) is 10.3 Å². The second-order valence-corrected chi connectivity index (χ2v) is 11.7. The topological polar surface area (TPSA) is 79.4 Å². The molecule has 2 aromatic heterocycles. The summed E-state index contributed by atoms with van der Waals surface area (Å²) >= 11 is 8.56. The SMILES string of the molecule is Cc1nc(-c2cccc(Cl)c2)sc1C(=O)NCc1ccc(S(=O)(=O)N2CCCC2)s1. The summed E-state index contributed by atoms with van der Waals surface area (Å²) in [5.74, 6) is -0.226. The van der Waals surface area contributed by atoms with Crippen LogP contribution in [0.15, 0.2) is 40.6 Å². The van der Waals surface area contributed by atoms with Gasteiger partial charge in [-0.1, -0.05) is 23.7 Å². The number of thiazole rings is 1. The molecule has 0 spiro atoms. The fourth-order valence-corrected chi connectivity index (χ4v) is 7.38. The number of nitrogens with one attached hydrogen (secondary N) is 1. The van der Waals surface area contributed by atoms with Crippen molar-refractivity contribution >= 4 is 50.2 Å². The van der Waals surface area contributed by atoms with Gasteiger partial charge in [-0.05, 0) is 44.0 Å². The maximum absolute atomic E-state index is 12.7. The number of halogens is 1. The second-order valence-electron chi connectivity index (χ2n) is 6.96. The zero-order chi connectivity index (χ0) is 21.3. The maximum atomic E-state index is 12.7. The lowest BCUT2D eigenvalue weighted by Gasteiger charge is -2.13. The molecule has 0 unspecified atom stereocenters. The van der Waals surface area contributed by atoms with Crippen LogP contribution in [-0.2, 0) is 16.6 Å². The summed E-state index contributed by atoms with van der Waals surface area (Å²) in [4.78, 5) is 18.5. The molecular formula is C20H20ClN3O3S3. The molecule has 158 valence electrons. The molecule has 1 N–H and O–H groups in total. The number of carbonyl (C=O) groups excluding carboxylic acids is 1. The molecule has 30 heavy (non-hydrogen) atoms. The van der Waals surface area contributed by atoms with Gasteiger partial charge in [0.1, 0.15) is 14.1 Å². The predicted molar refractivity (Wildman–Crippen MR) is 121 cm³/mol. The van der Waals surface area contributed by atoms with Crippen molar-refractivity contribution in [2.24, 2.45) is 0 Å². The van der Waals surface area contributed by atoms with Crippen LogP contribution in [0.1, 0.15) is 33.1 Å². The number of amides is 1. The highest BCUT2D eigenvalue weighted by Crippen LogP contribution is 2.30. The molecule has 3 aromatic rings. The Labute approximate surface area is 188 Å². The van der Waals surface area contributed by atoms with E-state index in [9.17, 15) is 13.2 Å². The first-order valence-electron chi connectivity index (χ1n) is 9.45. The maximum Gasteiger partial charge on any atom is 0.263 e. The van der Waals surface area contributed by atoms with Gasteiger partial charge in [-0.2, -0.15) is 4.31 Å². The van der Waals surface area contributed by atoms with Crippen LogP contribution in [0, 0.1) is 6.92 Å². The number of rotatable bonds is 6. The number of benzene rings is 1. The number of carbonyl (C=O) groups is 1. The third-order valence-electron chi connectivity index (χ3n) is 4.79. The molecule has 4 rings (SSSR count). The quantitative estimate of drug-likeness (QED) is 0.560. The fourth-order valence-electron chi connectivity index (χ4n) is 3.25. The summed E-state index contributed by atoms with van der Waals surface area (Å²) in [5.41, 5.74) is 1.51. The Hall–Kier alpha value is -1.78. The molecule has 0 aliphatic carbocycles. The Morgan fingerprint density at radius 1 is 1.20 bits per heavy atom. The third-order valence-corrected chi connectivity index (χ3v) is 9.69. The van der Waals surface area contributed by atoms with Crippen LogP contribution in [0.5, 0.6) is 0 Å². The summed E-state index contributed by atoms with van der Waals surface area (Å²) in [6.45, 7) is 3.21. The monoisotopic (exact) mass is 481 g/mol. The number of aromatic nitrogens is 1. The first-order chi connectivity index (χ1) is 14.3. The van der Waals surface area contributed by atoms with Gasteiger partial charge in [0.15, 0.2) is 0 Å². The summed E-state index contributed by atoms with van der Waals surface area (Å²) < 4.78 is 27.1. The third kappa shape index (κ3) is 4.45. The molecule has 1 saturated heterocycles. The standard InChI is InChI=1S/C20H20ClN3O3S3/c1-13-18(29-20(23-13)14-5-4-6-15(21)11-14)19(25)22-12-16-7-8-17(28-16)30(26,27)24-9-2-3-10-24/h4-8,11H,2-3,9-10,12H2,1H3,(H,22,25). The second kappa shape index (κ2) is 8.76. The van der Waals surface area contributed by atoms with Crippen molar-refractivity contribution in [3.8, 4) is 10.6 Å². The van der Waals surface area contributed by atoms with Crippen LogP contribution in [0.3, 0.4) is 0 Å². The molecule has 0 radical (unpaired) electrons. The molecule has 3 heterocycles. The summed E-state index contributed by atoms with van der Waals surface area (Å²) in [7, 11) is -3.43. The summed E-state index contributed by atoms with van der Waals surface area (Å²) in [6, 6.07) is 10.7. The zero-order valence-electron chi connectivity index (χ0n) is 16.2. The Kier molecular flexibility index (Phi) is 6.26. The van der Waals surface area contributed by atoms with Crippen LogP contribution >= 0.6 is 34.3 Å². The van der Waals surface area contributed by atoms with Crippen molar-refractivity contribution in [3.05, 3.63) is 56.9 Å². The predicted octanol–water partition coefficient (Wildman–Crippen LogP) is 4.55. The van der Waals surface area contributed by atoms with E-state index < -0.39 is 10.0 Å². The number of hydrogen-bond acceptors (Lipinski definition) is 6. The van der Waals surface area contributed by atoms with E-state index in [4.69, 9.17) is 11.6 Å². The molecule has 1 fully saturated rings. The van der Waals surface area contributed by atoms with Crippen LogP contribution in [0.4, 0.5) is 0 Å². The largest absolute Gasteiger partial charge is 0.346 e. The molecule has 6 nitrogen and oxygen atoms in total. The summed E-state index contributed by atoms with van der Waals surface area (Å²) in [5, 5.41) is 4.22. The average molecular weight is 482 g/mol. The van der Waals surface area contributed by atoms with E-state index in [-0.39, 0.29) is 12.5 Å². The zero-order valence-corrected chi connectivity index (χ0v) is 19.4. The van der Waals surface area contributed by atoms with Gasteiger partial charge in [-0.25, -0.2) is 13.4 Å². The van der Waals surface area contributed by atoms with Gasteiger partial charge >= 0.3 is 0 Å². The fraction of sp³-hybridized carbons (Fsp3) is 0.300. The van der Waals surface area contributed by atoms with Crippen LogP contribution in [-0.4, -0.2) is 36.7 Å². The van der Waals surface area contributed by atoms with E-state index >= 15 is 0 Å². The van der Waals surface area contributed by atoms with Crippen molar-refractivity contribution in [1.29, 1.82) is 0 Å². The van der Waals surface area contributed by atoms with Crippen LogP contribution in [0.25, 0.3) is 10.6 Å². The van der Waals surface area contributed by atoms with Crippen molar-refractivity contribution in [2.45, 2.75) is 30.5 Å². The smallest absolute Gasteiger partial charge is 0.263 e. The van der Waals surface area contributed by atoms with E-state index in [0.717, 1.165) is 28.3 Å². The Balaban J connectivity index is 1.44. The lowest BCUT2D eigenvalue weighted by molar-refractivity contribution is 0.0954. The highest BCUT2D eigenvalue weighted by atomic mass is 35.5. The van der Waals surface area contributed by atoms with Crippen LogP contribution < -0.4 is 5.32 Å². The number of hydrogen-bond donors (Lipinski definition) is 1. The van der Waals surface area contributed by atoms with Crippen molar-refractivity contribution in [3.63, 3.8) is 0 Å². The molecule has 1 aliphatic rings. The molecular weight excluding hydrogens is 462 g/mol. The molecule has 10 heteroatoms. The van der Waals surface area contributed by atoms with Gasteiger partial charge in [0.05, 0.1) is 12.2 Å². The first-order valence-corrected chi connectivity index (χ1v) is 12.9. The van der Waals surface area contributed by atoms with Crippen LogP contribution in [0.2, 0.25) is 5.02 Å². The lowest BCUT2D eigenvalue weighted by atomic mass is 10.2. The number of nitrogens with zero attached hydrogens (tertiary/aromatic N) is 2. The molecule has 0 saturated carbocycles. The van der Waals surface area contributed by atoms with Gasteiger partial charge in [0, 0.05) is 28.6 Å². The molecule has 0 atom stereocenters. The highest BCUT2D eigenvalue weighted by Gasteiger charge is 2.28. The lowest BCUT2D eigenvalue weighted by Crippen LogP contribution is -2.27. The summed E-state index contributed by atoms with van der Waals surface area (Å²) in [6.07, 6.45) is 1.80. The van der Waals surface area contributed by atoms with Crippen molar-refractivity contribution in [2.75, 3.05) is 13.1 Å². The van der Waals surface area contributed by atoms with Gasteiger partial charge in [-0.15, -0.1) is 22.7 Å². The van der Waals surface area contributed by atoms with E-state index in [0.29, 0.717) is 32.9 Å². The highest BCUT2D eigenvalue weighted by molar-refractivity contribution is 7.91. The van der Waals surface area contributed by atoms with E-state index in [1.165, 1.54) is 27.0 Å². The molecule has 1 aromatic carbocycles. The minimum atomic E-state index is -3.43. The molecule has 1 amide bonds. The number of thiophene rings is 1. The first kappa shape index (κ1) is 21.5.